The lowest BCUT2D eigenvalue weighted by Gasteiger charge is -2.32. The highest BCUT2D eigenvalue weighted by molar-refractivity contribution is 7.98. The highest BCUT2D eigenvalue weighted by atomic mass is 32.2. The molecule has 1 aliphatic heterocycles. The Morgan fingerprint density at radius 1 is 1.39 bits per heavy atom. The molecule has 0 aromatic heterocycles. The summed E-state index contributed by atoms with van der Waals surface area (Å²) in [4.78, 5) is 14.2. The second-order valence-electron chi connectivity index (χ2n) is 5.41. The van der Waals surface area contributed by atoms with Crippen molar-refractivity contribution in [1.82, 2.24) is 10.2 Å². The van der Waals surface area contributed by atoms with Crippen molar-refractivity contribution in [2.75, 3.05) is 12.0 Å². The zero-order chi connectivity index (χ0) is 13.1. The SMILES string of the molecule is CSCCC1NC(=S)N(C2CCC(C)CC2)C1=O. The fraction of sp³-hybridized carbons (Fsp3) is 0.846. The largest absolute Gasteiger partial charge is 0.350 e. The second-order valence-corrected chi connectivity index (χ2v) is 6.78. The first-order valence-electron chi connectivity index (χ1n) is 6.76. The third kappa shape index (κ3) is 2.99. The minimum Gasteiger partial charge on any atom is -0.350 e. The first-order chi connectivity index (χ1) is 8.63. The first kappa shape index (κ1) is 14.1. The molecule has 2 aliphatic rings. The Labute approximate surface area is 119 Å². The predicted molar refractivity (Wildman–Crippen MR) is 80.8 cm³/mol. The number of nitrogens with zero attached hydrogens (tertiary/aromatic N) is 1. The summed E-state index contributed by atoms with van der Waals surface area (Å²) in [7, 11) is 0. The molecule has 1 N–H and O–H groups in total. The molecular formula is C13H22N2OS2. The molecule has 1 heterocycles. The molecule has 1 aliphatic carbocycles. The summed E-state index contributed by atoms with van der Waals surface area (Å²) in [6.45, 7) is 2.29. The van der Waals surface area contributed by atoms with Gasteiger partial charge in [0.25, 0.3) is 5.91 Å². The lowest BCUT2D eigenvalue weighted by atomic mass is 9.86. The van der Waals surface area contributed by atoms with Gasteiger partial charge in [0.15, 0.2) is 5.11 Å². The third-order valence-electron chi connectivity index (χ3n) is 4.01. The zero-order valence-corrected chi connectivity index (χ0v) is 12.8. The van der Waals surface area contributed by atoms with Crippen molar-refractivity contribution in [2.45, 2.75) is 51.1 Å². The van der Waals surface area contributed by atoms with Gasteiger partial charge in [-0.15, -0.1) is 0 Å². The number of nitrogens with one attached hydrogen (secondary N) is 1. The van der Waals surface area contributed by atoms with Crippen molar-refractivity contribution in [2.24, 2.45) is 5.92 Å². The molecule has 2 fully saturated rings. The topological polar surface area (TPSA) is 32.3 Å². The van der Waals surface area contributed by atoms with Crippen LogP contribution in [0, 0.1) is 5.92 Å². The first-order valence-corrected chi connectivity index (χ1v) is 8.56. The van der Waals surface area contributed by atoms with Crippen LogP contribution in [0.25, 0.3) is 0 Å². The Kier molecular flexibility index (Phi) is 4.90. The number of thioether (sulfide) groups is 1. The van der Waals surface area contributed by atoms with Gasteiger partial charge < -0.3 is 5.32 Å². The van der Waals surface area contributed by atoms with Gasteiger partial charge >= 0.3 is 0 Å². The number of hydrogen-bond acceptors (Lipinski definition) is 3. The van der Waals surface area contributed by atoms with Gasteiger partial charge in [0.1, 0.15) is 6.04 Å². The van der Waals surface area contributed by atoms with E-state index < -0.39 is 0 Å². The zero-order valence-electron chi connectivity index (χ0n) is 11.1. The maximum Gasteiger partial charge on any atom is 0.251 e. The monoisotopic (exact) mass is 286 g/mol. The summed E-state index contributed by atoms with van der Waals surface area (Å²) in [6.07, 6.45) is 7.57. The van der Waals surface area contributed by atoms with Crippen LogP contribution in [-0.4, -0.2) is 40.0 Å². The quantitative estimate of drug-likeness (QED) is 0.804. The number of thiocarbonyl (C=S) groups is 1. The molecule has 0 spiro atoms. The average molecular weight is 286 g/mol. The van der Waals surface area contributed by atoms with Crippen molar-refractivity contribution in [1.29, 1.82) is 0 Å². The van der Waals surface area contributed by atoms with Gasteiger partial charge in [-0.1, -0.05) is 6.92 Å². The highest BCUT2D eigenvalue weighted by Crippen LogP contribution is 2.29. The van der Waals surface area contributed by atoms with Crippen molar-refractivity contribution >= 4 is 35.0 Å². The standard InChI is InChI=1S/C13H22N2OS2/c1-9-3-5-10(6-4-9)15-12(16)11(7-8-18-2)14-13(15)17/h9-11H,3-8H2,1-2H3,(H,14,17). The van der Waals surface area contributed by atoms with E-state index in [1.807, 2.05) is 4.90 Å². The van der Waals surface area contributed by atoms with Crippen molar-refractivity contribution in [3.8, 4) is 0 Å². The maximum atomic E-state index is 12.4. The summed E-state index contributed by atoms with van der Waals surface area (Å²) in [5.74, 6) is 2.00. The summed E-state index contributed by atoms with van der Waals surface area (Å²) < 4.78 is 0. The van der Waals surface area contributed by atoms with Crippen molar-refractivity contribution < 1.29 is 4.79 Å². The molecule has 102 valence electrons. The molecule has 1 saturated carbocycles. The molecule has 1 amide bonds. The Balaban J connectivity index is 1.96. The van der Waals surface area contributed by atoms with E-state index in [0.717, 1.165) is 30.9 Å². The van der Waals surface area contributed by atoms with Gasteiger partial charge in [0.2, 0.25) is 0 Å². The molecule has 1 atom stereocenters. The van der Waals surface area contributed by atoms with Crippen LogP contribution in [0.15, 0.2) is 0 Å². The normalized spacial score (nSPS) is 32.8. The summed E-state index contributed by atoms with van der Waals surface area (Å²) in [6, 6.07) is 0.261. The van der Waals surface area contributed by atoms with Gasteiger partial charge in [0, 0.05) is 6.04 Å². The molecule has 1 saturated heterocycles. The minimum absolute atomic E-state index is 0.0794. The van der Waals surface area contributed by atoms with E-state index in [0.29, 0.717) is 11.2 Å². The van der Waals surface area contributed by atoms with Crippen LogP contribution in [0.2, 0.25) is 0 Å². The summed E-state index contributed by atoms with van der Waals surface area (Å²) in [5.41, 5.74) is 0. The molecule has 0 bridgehead atoms. The van der Waals surface area contributed by atoms with E-state index in [9.17, 15) is 4.79 Å². The third-order valence-corrected chi connectivity index (χ3v) is 4.97. The molecular weight excluding hydrogens is 264 g/mol. The highest BCUT2D eigenvalue weighted by Gasteiger charge is 2.39. The van der Waals surface area contributed by atoms with Crippen LogP contribution in [-0.2, 0) is 4.79 Å². The number of amides is 1. The predicted octanol–water partition coefficient (Wildman–Crippen LogP) is 2.40. The fourth-order valence-corrected chi connectivity index (χ4v) is 3.68. The number of rotatable bonds is 4. The van der Waals surface area contributed by atoms with Crippen LogP contribution in [0.1, 0.15) is 39.0 Å². The minimum atomic E-state index is -0.0794. The fourth-order valence-electron chi connectivity index (χ4n) is 2.83. The van der Waals surface area contributed by atoms with Crippen LogP contribution >= 0.6 is 24.0 Å². The van der Waals surface area contributed by atoms with Crippen molar-refractivity contribution in [3.63, 3.8) is 0 Å². The van der Waals surface area contributed by atoms with Crippen molar-refractivity contribution in [3.05, 3.63) is 0 Å². The molecule has 5 heteroatoms. The van der Waals surface area contributed by atoms with Crippen LogP contribution in [0.3, 0.4) is 0 Å². The van der Waals surface area contributed by atoms with E-state index in [2.05, 4.69) is 18.5 Å². The lowest BCUT2D eigenvalue weighted by Crippen LogP contribution is -2.42. The van der Waals surface area contributed by atoms with Gasteiger partial charge in [-0.05, 0) is 62.2 Å². The molecule has 0 aromatic rings. The van der Waals surface area contributed by atoms with Crippen LogP contribution in [0.4, 0.5) is 0 Å². The lowest BCUT2D eigenvalue weighted by molar-refractivity contribution is -0.129. The number of hydrogen-bond donors (Lipinski definition) is 1. The van der Waals surface area contributed by atoms with E-state index in [1.165, 1.54) is 12.8 Å². The molecule has 18 heavy (non-hydrogen) atoms. The van der Waals surface area contributed by atoms with Gasteiger partial charge in [-0.2, -0.15) is 11.8 Å². The van der Waals surface area contributed by atoms with Crippen LogP contribution < -0.4 is 5.32 Å². The Morgan fingerprint density at radius 3 is 2.67 bits per heavy atom. The van der Waals surface area contributed by atoms with Gasteiger partial charge in [-0.3, -0.25) is 9.69 Å². The Bertz CT molecular complexity index is 327. The molecule has 2 rings (SSSR count). The molecule has 0 aromatic carbocycles. The Morgan fingerprint density at radius 2 is 2.06 bits per heavy atom. The molecule has 1 unspecified atom stereocenters. The van der Waals surface area contributed by atoms with E-state index >= 15 is 0 Å². The average Bonchev–Trinajstić information content (AvgIpc) is 2.63. The van der Waals surface area contributed by atoms with E-state index in [-0.39, 0.29) is 11.9 Å². The Hall–Kier alpha value is -0.290. The van der Waals surface area contributed by atoms with Gasteiger partial charge in [0.05, 0.1) is 0 Å². The molecule has 3 nitrogen and oxygen atoms in total. The summed E-state index contributed by atoms with van der Waals surface area (Å²) >= 11 is 7.12. The van der Waals surface area contributed by atoms with Gasteiger partial charge in [-0.25, -0.2) is 0 Å². The maximum absolute atomic E-state index is 12.4. The van der Waals surface area contributed by atoms with E-state index in [4.69, 9.17) is 12.2 Å². The number of carbonyl (C=O) groups is 1. The summed E-state index contributed by atoms with van der Waals surface area (Å²) in [5, 5.41) is 3.85. The van der Waals surface area contributed by atoms with Crippen LogP contribution in [0.5, 0.6) is 0 Å². The number of carbonyl (C=O) groups excluding carboxylic acids is 1. The van der Waals surface area contributed by atoms with E-state index in [1.54, 1.807) is 11.8 Å². The second kappa shape index (κ2) is 6.24. The molecule has 0 radical (unpaired) electrons. The smallest absolute Gasteiger partial charge is 0.251 e.